The molecule has 0 heterocycles. The van der Waals surface area contributed by atoms with E-state index in [1.807, 2.05) is 33.3 Å². The van der Waals surface area contributed by atoms with E-state index in [0.29, 0.717) is 17.4 Å². The SMILES string of the molecule is CC/C=C\C/C=C\C/C=C\C/C=C\C/C=C\C/C=C\CCC(=O)OC(COC(=O)CCCCCCCCCCCCCCCCCCCCCCCCCCCCC/C=C\CCCCCCCCCC)COC(OCC[N+](C)(C)C)C(=O)[O-]. The van der Waals surface area contributed by atoms with Crippen LogP contribution in [0.5, 0.6) is 0 Å². The van der Waals surface area contributed by atoms with Gasteiger partial charge in [-0.15, -0.1) is 0 Å². The standard InChI is InChI=1S/C74H131NO8/c1-6-8-10-12-14-16-18-20-22-24-26-27-28-29-30-31-32-33-34-35-36-37-38-39-40-41-42-43-44-45-47-48-50-52-54-56-58-60-62-64-71(76)81-68-70(69-82-74(73(78)79)80-67-66-75(3,4)5)83-72(77)65-63-61-59-57-55-53-51-49-46-25-23-21-19-17-15-13-11-9-7-2/h9,11,15,17,21,23-24,26,46,49,53,55,59,61,70,74H,6-8,10,12-14,16,18-20,22,25,27-45,47-48,50-52,54,56-58,60,62-69H2,1-5H3/b11-9-,17-15-,23-21-,26-24-,49-46-,55-53-,61-59-. The van der Waals surface area contributed by atoms with E-state index >= 15 is 0 Å². The summed E-state index contributed by atoms with van der Waals surface area (Å²) < 4.78 is 22.6. The minimum atomic E-state index is -1.64. The van der Waals surface area contributed by atoms with Crippen molar-refractivity contribution < 1.29 is 42.9 Å². The fraction of sp³-hybridized carbons (Fsp3) is 0.770. The summed E-state index contributed by atoms with van der Waals surface area (Å²) in [6, 6.07) is 0. The van der Waals surface area contributed by atoms with Gasteiger partial charge in [0.25, 0.3) is 0 Å². The fourth-order valence-corrected chi connectivity index (χ4v) is 9.86. The predicted molar refractivity (Wildman–Crippen MR) is 352 cm³/mol. The Bertz CT molecular complexity index is 1640. The van der Waals surface area contributed by atoms with E-state index in [1.165, 1.54) is 218 Å². The van der Waals surface area contributed by atoms with Crippen LogP contribution in [0, 0.1) is 0 Å². The van der Waals surface area contributed by atoms with Crippen LogP contribution in [0.2, 0.25) is 0 Å². The molecule has 2 unspecified atom stereocenters. The lowest BCUT2D eigenvalue weighted by Gasteiger charge is -2.26. The second-order valence-corrected chi connectivity index (χ2v) is 24.4. The molecule has 0 N–H and O–H groups in total. The number of likely N-dealkylation sites (N-methyl/N-ethyl adjacent to an activating group) is 1. The molecule has 0 saturated carbocycles. The van der Waals surface area contributed by atoms with Crippen LogP contribution >= 0.6 is 0 Å². The topological polar surface area (TPSA) is 111 Å². The van der Waals surface area contributed by atoms with E-state index in [0.717, 1.165) is 57.8 Å². The summed E-state index contributed by atoms with van der Waals surface area (Å²) in [7, 11) is 5.90. The van der Waals surface area contributed by atoms with E-state index in [2.05, 4.69) is 86.8 Å². The second kappa shape index (κ2) is 64.5. The van der Waals surface area contributed by atoms with Gasteiger partial charge in [-0.3, -0.25) is 9.59 Å². The average Bonchev–Trinajstić information content (AvgIpc) is 3.46. The number of carboxylic acid groups (broad SMARTS) is 1. The summed E-state index contributed by atoms with van der Waals surface area (Å²) in [5.41, 5.74) is 0. The number of carboxylic acids is 1. The molecular weight excluding hydrogens is 1030 g/mol. The molecule has 0 aliphatic rings. The first-order chi connectivity index (χ1) is 40.6. The van der Waals surface area contributed by atoms with Crippen molar-refractivity contribution in [1.82, 2.24) is 0 Å². The summed E-state index contributed by atoms with van der Waals surface area (Å²) >= 11 is 0. The van der Waals surface area contributed by atoms with Gasteiger partial charge in [-0.25, -0.2) is 0 Å². The lowest BCUT2D eigenvalue weighted by Crippen LogP contribution is -2.44. The third-order valence-electron chi connectivity index (χ3n) is 15.1. The highest BCUT2D eigenvalue weighted by molar-refractivity contribution is 5.70. The van der Waals surface area contributed by atoms with Crippen molar-refractivity contribution >= 4 is 17.9 Å². The van der Waals surface area contributed by atoms with Crippen molar-refractivity contribution in [2.75, 3.05) is 47.5 Å². The van der Waals surface area contributed by atoms with Gasteiger partial charge in [0.05, 0.1) is 40.3 Å². The molecular formula is C74H131NO8. The van der Waals surface area contributed by atoms with E-state index in [4.69, 9.17) is 18.9 Å². The molecule has 0 aliphatic heterocycles. The minimum Gasteiger partial charge on any atom is -0.545 e. The second-order valence-electron chi connectivity index (χ2n) is 24.4. The summed E-state index contributed by atoms with van der Waals surface area (Å²) in [6.07, 6.45) is 84.3. The highest BCUT2D eigenvalue weighted by atomic mass is 16.7. The number of carbonyl (C=O) groups excluding carboxylic acids is 3. The summed E-state index contributed by atoms with van der Waals surface area (Å²) in [4.78, 5) is 37.3. The van der Waals surface area contributed by atoms with E-state index < -0.39 is 24.3 Å². The molecule has 2 atom stereocenters. The molecule has 0 saturated heterocycles. The number of hydrogen-bond donors (Lipinski definition) is 0. The van der Waals surface area contributed by atoms with Crippen LogP contribution < -0.4 is 5.11 Å². The Morgan fingerprint density at radius 1 is 0.373 bits per heavy atom. The summed E-state index contributed by atoms with van der Waals surface area (Å²) in [5.74, 6) is -2.39. The Balaban J connectivity index is 4.02. The Kier molecular flexibility index (Phi) is 61.7. The smallest absolute Gasteiger partial charge is 0.306 e. The van der Waals surface area contributed by atoms with Gasteiger partial charge in [0.1, 0.15) is 13.2 Å². The monoisotopic (exact) mass is 1160 g/mol. The number of carbonyl (C=O) groups is 3. The quantitative estimate of drug-likeness (QED) is 0.0195. The number of unbranched alkanes of at least 4 members (excludes halogenated alkanes) is 35. The van der Waals surface area contributed by atoms with Crippen LogP contribution in [-0.4, -0.2) is 82.3 Å². The first-order valence-corrected chi connectivity index (χ1v) is 34.7. The number of ether oxygens (including phenoxy) is 4. The number of esters is 2. The van der Waals surface area contributed by atoms with Crippen LogP contribution in [0.4, 0.5) is 0 Å². The van der Waals surface area contributed by atoms with Crippen LogP contribution in [0.25, 0.3) is 0 Å². The first kappa shape index (κ1) is 79.5. The molecule has 83 heavy (non-hydrogen) atoms. The zero-order valence-electron chi connectivity index (χ0n) is 54.8. The van der Waals surface area contributed by atoms with Gasteiger partial charge in [-0.2, -0.15) is 0 Å². The predicted octanol–water partition coefficient (Wildman–Crippen LogP) is 20.1. The van der Waals surface area contributed by atoms with Gasteiger partial charge in [0, 0.05) is 12.8 Å². The maximum Gasteiger partial charge on any atom is 0.306 e. The number of nitrogens with zero attached hydrogens (tertiary/aromatic N) is 1. The Morgan fingerprint density at radius 3 is 1.07 bits per heavy atom. The number of aliphatic carboxylic acids is 1. The van der Waals surface area contributed by atoms with E-state index in [1.54, 1.807) is 0 Å². The third kappa shape index (κ3) is 65.9. The van der Waals surface area contributed by atoms with E-state index in [9.17, 15) is 19.5 Å². The van der Waals surface area contributed by atoms with Crippen LogP contribution in [0.15, 0.2) is 85.1 Å². The maximum atomic E-state index is 12.8. The normalized spacial score (nSPS) is 13.2. The molecule has 9 heteroatoms. The zero-order valence-corrected chi connectivity index (χ0v) is 54.8. The van der Waals surface area contributed by atoms with Crippen molar-refractivity contribution in [2.45, 2.75) is 322 Å². The molecule has 0 aromatic carbocycles. The van der Waals surface area contributed by atoms with Gasteiger partial charge in [0.15, 0.2) is 12.4 Å². The van der Waals surface area contributed by atoms with Gasteiger partial charge < -0.3 is 33.3 Å². The van der Waals surface area contributed by atoms with Crippen molar-refractivity contribution in [3.05, 3.63) is 85.1 Å². The number of quaternary nitrogens is 1. The van der Waals surface area contributed by atoms with Gasteiger partial charge in [-0.05, 0) is 77.0 Å². The minimum absolute atomic E-state index is 0.121. The highest BCUT2D eigenvalue weighted by Gasteiger charge is 2.22. The molecule has 0 aliphatic carbocycles. The van der Waals surface area contributed by atoms with Crippen molar-refractivity contribution in [1.29, 1.82) is 0 Å². The van der Waals surface area contributed by atoms with Crippen LogP contribution in [0.1, 0.15) is 309 Å². The zero-order chi connectivity index (χ0) is 60.5. The van der Waals surface area contributed by atoms with Crippen molar-refractivity contribution in [3.63, 3.8) is 0 Å². The first-order valence-electron chi connectivity index (χ1n) is 34.7. The van der Waals surface area contributed by atoms with Crippen molar-refractivity contribution in [3.8, 4) is 0 Å². The maximum absolute atomic E-state index is 12.8. The third-order valence-corrected chi connectivity index (χ3v) is 15.1. The molecule has 0 aromatic rings. The van der Waals surface area contributed by atoms with Gasteiger partial charge >= 0.3 is 11.9 Å². The molecule has 0 rings (SSSR count). The highest BCUT2D eigenvalue weighted by Crippen LogP contribution is 2.18. The van der Waals surface area contributed by atoms with Crippen LogP contribution in [0.3, 0.4) is 0 Å². The molecule has 0 aromatic heterocycles. The van der Waals surface area contributed by atoms with Crippen molar-refractivity contribution in [2.24, 2.45) is 0 Å². The fourth-order valence-electron chi connectivity index (χ4n) is 9.86. The molecule has 0 fully saturated rings. The largest absolute Gasteiger partial charge is 0.545 e. The molecule has 0 spiro atoms. The molecule has 0 radical (unpaired) electrons. The average molecular weight is 1160 g/mol. The van der Waals surface area contributed by atoms with Crippen LogP contribution in [-0.2, 0) is 33.3 Å². The lowest BCUT2D eigenvalue weighted by atomic mass is 10.0. The number of hydrogen-bond acceptors (Lipinski definition) is 8. The summed E-state index contributed by atoms with van der Waals surface area (Å²) in [5, 5.41) is 11.8. The Labute approximate surface area is 512 Å². The van der Waals surface area contributed by atoms with E-state index in [-0.39, 0.29) is 38.6 Å². The molecule has 9 nitrogen and oxygen atoms in total. The Morgan fingerprint density at radius 2 is 0.711 bits per heavy atom. The van der Waals surface area contributed by atoms with Gasteiger partial charge in [0.2, 0.25) is 0 Å². The summed E-state index contributed by atoms with van der Waals surface area (Å²) in [6.45, 7) is 4.57. The molecule has 0 bridgehead atoms. The van der Waals surface area contributed by atoms with Gasteiger partial charge in [-0.1, -0.05) is 304 Å². The lowest BCUT2D eigenvalue weighted by molar-refractivity contribution is -0.870. The number of allylic oxidation sites excluding steroid dienone is 14. The molecule has 480 valence electrons. The number of rotatable bonds is 64. The Hall–Kier alpha value is -3.53. The molecule has 0 amide bonds.